The van der Waals surface area contributed by atoms with E-state index in [0.717, 1.165) is 5.69 Å². The lowest BCUT2D eigenvalue weighted by molar-refractivity contribution is 0.402. The summed E-state index contributed by atoms with van der Waals surface area (Å²) >= 11 is 5.91. The lowest BCUT2D eigenvalue weighted by atomic mass is 10.3. The molecule has 0 aliphatic rings. The van der Waals surface area contributed by atoms with Crippen molar-refractivity contribution in [3.63, 3.8) is 0 Å². The van der Waals surface area contributed by atoms with Crippen molar-refractivity contribution in [1.82, 2.24) is 14.1 Å². The number of halogens is 1. The molecule has 7 nitrogen and oxygen atoms in total. The second-order valence-corrected chi connectivity index (χ2v) is 7.65. The maximum Gasteiger partial charge on any atom is 0.244 e. The Morgan fingerprint density at radius 1 is 1.19 bits per heavy atom. The maximum absolute atomic E-state index is 12.5. The first-order chi connectivity index (χ1) is 12.4. The summed E-state index contributed by atoms with van der Waals surface area (Å²) < 4.78 is 39.8. The van der Waals surface area contributed by atoms with E-state index < -0.39 is 10.0 Å². The molecule has 138 valence electrons. The van der Waals surface area contributed by atoms with E-state index in [-0.39, 0.29) is 17.2 Å². The Bertz CT molecular complexity index is 1030. The van der Waals surface area contributed by atoms with Crippen molar-refractivity contribution >= 4 is 27.3 Å². The van der Waals surface area contributed by atoms with Gasteiger partial charge in [-0.15, -0.1) is 0 Å². The Hall–Kier alpha value is -2.29. The van der Waals surface area contributed by atoms with Gasteiger partial charge >= 0.3 is 0 Å². The average molecular weight is 396 g/mol. The molecule has 2 heterocycles. The molecule has 0 radical (unpaired) electrons. The summed E-state index contributed by atoms with van der Waals surface area (Å²) in [6, 6.07) is 8.12. The van der Waals surface area contributed by atoms with Gasteiger partial charge in [-0.25, -0.2) is 18.1 Å². The molecule has 3 rings (SSSR count). The second kappa shape index (κ2) is 7.53. The number of benzene rings is 1. The predicted molar refractivity (Wildman–Crippen MR) is 98.6 cm³/mol. The molecule has 1 aromatic carbocycles. The Kier molecular flexibility index (Phi) is 5.36. The second-order valence-electron chi connectivity index (χ2n) is 5.48. The van der Waals surface area contributed by atoms with E-state index >= 15 is 0 Å². The fourth-order valence-corrected chi connectivity index (χ4v) is 4.03. The molecule has 26 heavy (non-hydrogen) atoms. The highest BCUT2D eigenvalue weighted by Crippen LogP contribution is 2.26. The molecule has 0 saturated heterocycles. The summed E-state index contributed by atoms with van der Waals surface area (Å²) in [5, 5.41) is 0.318. The molecule has 0 aliphatic carbocycles. The van der Waals surface area contributed by atoms with Crippen LogP contribution in [-0.4, -0.2) is 38.6 Å². The van der Waals surface area contributed by atoms with Crippen LogP contribution < -0.4 is 14.2 Å². The van der Waals surface area contributed by atoms with E-state index in [0.29, 0.717) is 22.8 Å². The SMILES string of the molecule is COc1ccc(Cl)cc1S(=O)(=O)NCCc1cn2cccc(OC)c2n1. The summed E-state index contributed by atoms with van der Waals surface area (Å²) in [4.78, 5) is 4.48. The quantitative estimate of drug-likeness (QED) is 0.664. The summed E-state index contributed by atoms with van der Waals surface area (Å²) in [5.74, 6) is 0.891. The molecule has 0 unspecified atom stereocenters. The molecular weight excluding hydrogens is 378 g/mol. The number of hydrogen-bond donors (Lipinski definition) is 1. The number of nitrogens with zero attached hydrogens (tertiary/aromatic N) is 2. The number of imidazole rings is 1. The number of methoxy groups -OCH3 is 2. The van der Waals surface area contributed by atoms with E-state index in [9.17, 15) is 8.42 Å². The topological polar surface area (TPSA) is 81.9 Å². The third kappa shape index (κ3) is 3.77. The summed E-state index contributed by atoms with van der Waals surface area (Å²) in [6.07, 6.45) is 4.12. The molecule has 0 fully saturated rings. The summed E-state index contributed by atoms with van der Waals surface area (Å²) in [7, 11) is -0.769. The van der Waals surface area contributed by atoms with Gasteiger partial charge in [-0.05, 0) is 30.3 Å². The Labute approximate surface area is 156 Å². The van der Waals surface area contributed by atoms with Crippen LogP contribution in [0.3, 0.4) is 0 Å². The van der Waals surface area contributed by atoms with Crippen molar-refractivity contribution in [1.29, 1.82) is 0 Å². The van der Waals surface area contributed by atoms with Crippen molar-refractivity contribution in [3.8, 4) is 11.5 Å². The number of nitrogens with one attached hydrogen (secondary N) is 1. The van der Waals surface area contributed by atoms with Gasteiger partial charge < -0.3 is 13.9 Å². The van der Waals surface area contributed by atoms with Crippen LogP contribution in [0.5, 0.6) is 11.5 Å². The highest BCUT2D eigenvalue weighted by molar-refractivity contribution is 7.89. The third-order valence-corrected chi connectivity index (χ3v) is 5.52. The third-order valence-electron chi connectivity index (χ3n) is 3.81. The minimum Gasteiger partial charge on any atom is -0.495 e. The van der Waals surface area contributed by atoms with E-state index in [4.69, 9.17) is 21.1 Å². The van der Waals surface area contributed by atoms with Gasteiger partial charge in [0.25, 0.3) is 0 Å². The first-order valence-corrected chi connectivity index (χ1v) is 9.64. The van der Waals surface area contributed by atoms with Crippen molar-refractivity contribution < 1.29 is 17.9 Å². The number of ether oxygens (including phenoxy) is 2. The molecule has 0 amide bonds. The maximum atomic E-state index is 12.5. The Balaban J connectivity index is 1.74. The van der Waals surface area contributed by atoms with Gasteiger partial charge in [0, 0.05) is 30.4 Å². The normalized spacial score (nSPS) is 11.7. The lowest BCUT2D eigenvalue weighted by Gasteiger charge is -2.10. The number of fused-ring (bicyclic) bond motifs is 1. The molecule has 3 aromatic rings. The van der Waals surface area contributed by atoms with Crippen LogP contribution in [-0.2, 0) is 16.4 Å². The van der Waals surface area contributed by atoms with E-state index in [2.05, 4.69) is 9.71 Å². The number of pyridine rings is 1. The zero-order valence-corrected chi connectivity index (χ0v) is 15.8. The first-order valence-electron chi connectivity index (χ1n) is 7.78. The number of rotatable bonds is 7. The fourth-order valence-electron chi connectivity index (χ4n) is 2.57. The van der Waals surface area contributed by atoms with Crippen LogP contribution in [0.4, 0.5) is 0 Å². The van der Waals surface area contributed by atoms with Crippen LogP contribution in [0, 0.1) is 0 Å². The van der Waals surface area contributed by atoms with Crippen molar-refractivity contribution in [2.45, 2.75) is 11.3 Å². The van der Waals surface area contributed by atoms with Crippen molar-refractivity contribution in [2.75, 3.05) is 20.8 Å². The van der Waals surface area contributed by atoms with Crippen molar-refractivity contribution in [2.24, 2.45) is 0 Å². The highest BCUT2D eigenvalue weighted by atomic mass is 35.5. The van der Waals surface area contributed by atoms with Crippen LogP contribution in [0.1, 0.15) is 5.69 Å². The zero-order chi connectivity index (χ0) is 18.7. The lowest BCUT2D eigenvalue weighted by Crippen LogP contribution is -2.26. The van der Waals surface area contributed by atoms with Gasteiger partial charge in [-0.3, -0.25) is 0 Å². The molecule has 0 aliphatic heterocycles. The summed E-state index contributed by atoms with van der Waals surface area (Å²) in [5.41, 5.74) is 1.43. The van der Waals surface area contributed by atoms with Crippen LogP contribution in [0.25, 0.3) is 5.65 Å². The molecular formula is C17H18ClN3O4S. The first kappa shape index (κ1) is 18.5. The molecule has 9 heteroatoms. The van der Waals surface area contributed by atoms with E-state index in [1.165, 1.54) is 19.2 Å². The van der Waals surface area contributed by atoms with Gasteiger partial charge in [0.2, 0.25) is 10.0 Å². The number of sulfonamides is 1. The van der Waals surface area contributed by atoms with Crippen LogP contribution in [0.15, 0.2) is 47.6 Å². The Morgan fingerprint density at radius 3 is 2.69 bits per heavy atom. The van der Waals surface area contributed by atoms with Crippen molar-refractivity contribution in [3.05, 3.63) is 53.4 Å². The molecule has 0 spiro atoms. The van der Waals surface area contributed by atoms with E-state index in [1.807, 2.05) is 28.9 Å². The average Bonchev–Trinajstić information content (AvgIpc) is 3.04. The smallest absolute Gasteiger partial charge is 0.244 e. The minimum absolute atomic E-state index is 0.00386. The van der Waals surface area contributed by atoms with Gasteiger partial charge in [-0.2, -0.15) is 0 Å². The van der Waals surface area contributed by atoms with Gasteiger partial charge in [0.15, 0.2) is 11.4 Å². The molecule has 0 bridgehead atoms. The summed E-state index contributed by atoms with van der Waals surface area (Å²) in [6.45, 7) is 0.185. The standard InChI is InChI=1S/C17H18ClN3O4S/c1-24-14-6-5-12(18)10-16(14)26(22,23)19-8-7-13-11-21-9-3-4-15(25-2)17(21)20-13/h3-6,9-11,19H,7-8H2,1-2H3. The monoisotopic (exact) mass is 395 g/mol. The van der Waals surface area contributed by atoms with Crippen LogP contribution >= 0.6 is 11.6 Å². The van der Waals surface area contributed by atoms with E-state index in [1.54, 1.807) is 13.2 Å². The predicted octanol–water partition coefficient (Wildman–Crippen LogP) is 2.53. The molecule has 2 aromatic heterocycles. The largest absolute Gasteiger partial charge is 0.495 e. The molecule has 1 N–H and O–H groups in total. The number of hydrogen-bond acceptors (Lipinski definition) is 5. The zero-order valence-electron chi connectivity index (χ0n) is 14.3. The van der Waals surface area contributed by atoms with Gasteiger partial charge in [0.05, 0.1) is 19.9 Å². The Morgan fingerprint density at radius 2 is 1.96 bits per heavy atom. The molecule has 0 atom stereocenters. The number of aromatic nitrogens is 2. The minimum atomic E-state index is -3.76. The van der Waals surface area contributed by atoms with Crippen LogP contribution in [0.2, 0.25) is 5.02 Å². The van der Waals surface area contributed by atoms with Gasteiger partial charge in [0.1, 0.15) is 10.6 Å². The highest BCUT2D eigenvalue weighted by Gasteiger charge is 2.19. The molecule has 0 saturated carbocycles. The van der Waals surface area contributed by atoms with Gasteiger partial charge in [-0.1, -0.05) is 11.6 Å². The fraction of sp³-hybridized carbons (Fsp3) is 0.235.